The summed E-state index contributed by atoms with van der Waals surface area (Å²) in [4.78, 5) is 0. The van der Waals surface area contributed by atoms with Crippen LogP contribution >= 0.6 is 0 Å². The summed E-state index contributed by atoms with van der Waals surface area (Å²) in [6.07, 6.45) is 19.0. The predicted octanol–water partition coefficient (Wildman–Crippen LogP) is 4.56. The minimum absolute atomic E-state index is 0.783. The maximum Gasteiger partial charge on any atom is -0.0176 e. The Kier molecular flexibility index (Phi) is 2.05. The van der Waals surface area contributed by atoms with Crippen LogP contribution in [-0.2, 0) is 0 Å². The first-order valence-electron chi connectivity index (χ1n) is 7.51. The van der Waals surface area contributed by atoms with Crippen LogP contribution in [0.5, 0.6) is 0 Å². The SMILES string of the molecule is C1=CC(C23CC4CC(CC(C4)C2)C3)CCC1. The monoisotopic (exact) mass is 216 g/mol. The highest BCUT2D eigenvalue weighted by Crippen LogP contribution is 2.63. The lowest BCUT2D eigenvalue weighted by Crippen LogP contribution is -2.49. The predicted molar refractivity (Wildman–Crippen MR) is 67.1 cm³/mol. The molecule has 0 spiro atoms. The lowest BCUT2D eigenvalue weighted by molar-refractivity contribution is -0.0789. The zero-order chi connectivity index (χ0) is 10.6. The van der Waals surface area contributed by atoms with Crippen molar-refractivity contribution in [3.05, 3.63) is 12.2 Å². The van der Waals surface area contributed by atoms with Crippen LogP contribution in [-0.4, -0.2) is 0 Å². The lowest BCUT2D eigenvalue weighted by Gasteiger charge is -2.59. The highest BCUT2D eigenvalue weighted by atomic mass is 14.6. The largest absolute Gasteiger partial charge is 0.0882 e. The quantitative estimate of drug-likeness (QED) is 0.564. The zero-order valence-electron chi connectivity index (χ0n) is 10.3. The van der Waals surface area contributed by atoms with Crippen molar-refractivity contribution >= 4 is 0 Å². The van der Waals surface area contributed by atoms with E-state index in [4.69, 9.17) is 0 Å². The Hall–Kier alpha value is -0.260. The zero-order valence-corrected chi connectivity index (χ0v) is 10.3. The second kappa shape index (κ2) is 3.37. The standard InChI is InChI=1S/C16H24/c1-2-4-15(5-3-1)16-9-12-6-13(10-16)8-14(7-12)11-16/h2,4,12-15H,1,3,5-11H2. The van der Waals surface area contributed by atoms with Crippen molar-refractivity contribution in [3.63, 3.8) is 0 Å². The fourth-order valence-electron chi connectivity index (χ4n) is 5.95. The Labute approximate surface area is 99.5 Å². The molecule has 4 fully saturated rings. The van der Waals surface area contributed by atoms with Crippen LogP contribution in [0.4, 0.5) is 0 Å². The van der Waals surface area contributed by atoms with Gasteiger partial charge in [-0.1, -0.05) is 12.2 Å². The molecule has 1 atom stereocenters. The highest BCUT2D eigenvalue weighted by molar-refractivity contribution is 5.09. The smallest absolute Gasteiger partial charge is 0.0176 e. The van der Waals surface area contributed by atoms with Gasteiger partial charge in [0.05, 0.1) is 0 Å². The van der Waals surface area contributed by atoms with Crippen molar-refractivity contribution in [1.82, 2.24) is 0 Å². The molecule has 88 valence electrons. The third-order valence-electron chi connectivity index (χ3n) is 6.13. The second-order valence-electron chi connectivity index (χ2n) is 7.25. The second-order valence-corrected chi connectivity index (χ2v) is 7.25. The molecule has 4 bridgehead atoms. The lowest BCUT2D eigenvalue weighted by atomic mass is 9.46. The molecular formula is C16H24. The van der Waals surface area contributed by atoms with Gasteiger partial charge in [0, 0.05) is 0 Å². The van der Waals surface area contributed by atoms with Gasteiger partial charge in [0.15, 0.2) is 0 Å². The van der Waals surface area contributed by atoms with E-state index in [1.807, 2.05) is 0 Å². The van der Waals surface area contributed by atoms with Crippen LogP contribution in [0.15, 0.2) is 12.2 Å². The van der Waals surface area contributed by atoms with Crippen LogP contribution in [0.25, 0.3) is 0 Å². The maximum atomic E-state index is 2.61. The molecule has 0 aliphatic heterocycles. The van der Waals surface area contributed by atoms with E-state index in [1.165, 1.54) is 19.3 Å². The Morgan fingerprint density at radius 3 is 2.00 bits per heavy atom. The Balaban J connectivity index is 1.65. The van der Waals surface area contributed by atoms with Gasteiger partial charge in [0.25, 0.3) is 0 Å². The molecule has 1 unspecified atom stereocenters. The molecular weight excluding hydrogens is 192 g/mol. The molecule has 0 saturated heterocycles. The molecule has 0 nitrogen and oxygen atoms in total. The molecule has 4 saturated carbocycles. The number of hydrogen-bond donors (Lipinski definition) is 0. The molecule has 16 heavy (non-hydrogen) atoms. The summed E-state index contributed by atoms with van der Waals surface area (Å²) >= 11 is 0. The Morgan fingerprint density at radius 2 is 1.50 bits per heavy atom. The summed E-state index contributed by atoms with van der Waals surface area (Å²) in [5.74, 6) is 4.35. The maximum absolute atomic E-state index is 2.61. The van der Waals surface area contributed by atoms with Crippen LogP contribution in [0, 0.1) is 29.1 Å². The first-order valence-corrected chi connectivity index (χ1v) is 7.51. The summed E-state index contributed by atoms with van der Waals surface area (Å²) in [6.45, 7) is 0. The fourth-order valence-corrected chi connectivity index (χ4v) is 5.95. The van der Waals surface area contributed by atoms with E-state index in [-0.39, 0.29) is 0 Å². The number of rotatable bonds is 1. The van der Waals surface area contributed by atoms with Gasteiger partial charge in [-0.25, -0.2) is 0 Å². The van der Waals surface area contributed by atoms with E-state index in [1.54, 1.807) is 38.5 Å². The number of allylic oxidation sites excluding steroid dienone is 2. The normalized spacial score (nSPS) is 54.5. The molecule has 0 amide bonds. The average molecular weight is 216 g/mol. The van der Waals surface area contributed by atoms with E-state index >= 15 is 0 Å². The van der Waals surface area contributed by atoms with Gasteiger partial charge in [-0.3, -0.25) is 0 Å². The summed E-state index contributed by atoms with van der Waals surface area (Å²) in [7, 11) is 0. The van der Waals surface area contributed by atoms with E-state index < -0.39 is 0 Å². The molecule has 0 N–H and O–H groups in total. The van der Waals surface area contributed by atoms with Gasteiger partial charge < -0.3 is 0 Å². The van der Waals surface area contributed by atoms with Gasteiger partial charge in [-0.2, -0.15) is 0 Å². The van der Waals surface area contributed by atoms with Crippen LogP contribution in [0.1, 0.15) is 57.8 Å². The van der Waals surface area contributed by atoms with Crippen LogP contribution in [0.3, 0.4) is 0 Å². The van der Waals surface area contributed by atoms with E-state index in [9.17, 15) is 0 Å². The third-order valence-corrected chi connectivity index (χ3v) is 6.13. The molecule has 0 heterocycles. The first-order chi connectivity index (χ1) is 7.84. The van der Waals surface area contributed by atoms with E-state index in [0.717, 1.165) is 29.1 Å². The molecule has 0 aromatic heterocycles. The topological polar surface area (TPSA) is 0 Å². The van der Waals surface area contributed by atoms with Crippen molar-refractivity contribution < 1.29 is 0 Å². The van der Waals surface area contributed by atoms with E-state index in [0.29, 0.717) is 0 Å². The molecule has 5 aliphatic carbocycles. The summed E-state index contributed by atoms with van der Waals surface area (Å²) in [5, 5.41) is 0. The highest BCUT2D eigenvalue weighted by Gasteiger charge is 2.53. The van der Waals surface area contributed by atoms with Gasteiger partial charge >= 0.3 is 0 Å². The Bertz CT molecular complexity index is 277. The third kappa shape index (κ3) is 1.34. The van der Waals surface area contributed by atoms with Crippen molar-refractivity contribution in [2.24, 2.45) is 29.1 Å². The fraction of sp³-hybridized carbons (Fsp3) is 0.875. The summed E-state index contributed by atoms with van der Waals surface area (Å²) in [5.41, 5.74) is 0.783. The summed E-state index contributed by atoms with van der Waals surface area (Å²) in [6, 6.07) is 0. The van der Waals surface area contributed by atoms with Gasteiger partial charge in [0.2, 0.25) is 0 Å². The first kappa shape index (κ1) is 9.74. The molecule has 5 aliphatic rings. The Morgan fingerprint density at radius 1 is 0.875 bits per heavy atom. The number of hydrogen-bond acceptors (Lipinski definition) is 0. The van der Waals surface area contributed by atoms with Gasteiger partial charge in [-0.15, -0.1) is 0 Å². The van der Waals surface area contributed by atoms with Gasteiger partial charge in [0.1, 0.15) is 0 Å². The van der Waals surface area contributed by atoms with E-state index in [2.05, 4.69) is 12.2 Å². The summed E-state index contributed by atoms with van der Waals surface area (Å²) < 4.78 is 0. The molecule has 5 rings (SSSR count). The minimum Gasteiger partial charge on any atom is -0.0882 e. The van der Waals surface area contributed by atoms with Crippen LogP contribution in [0.2, 0.25) is 0 Å². The minimum atomic E-state index is 0.783. The average Bonchev–Trinajstić information content (AvgIpc) is 2.28. The van der Waals surface area contributed by atoms with Crippen molar-refractivity contribution in [1.29, 1.82) is 0 Å². The molecule has 0 aromatic rings. The van der Waals surface area contributed by atoms with Gasteiger partial charge in [-0.05, 0) is 86.9 Å². The molecule has 0 aromatic carbocycles. The molecule has 0 radical (unpaired) electrons. The van der Waals surface area contributed by atoms with Crippen molar-refractivity contribution in [2.45, 2.75) is 57.8 Å². The molecule has 0 heteroatoms. The van der Waals surface area contributed by atoms with Crippen molar-refractivity contribution in [2.75, 3.05) is 0 Å². The van der Waals surface area contributed by atoms with Crippen molar-refractivity contribution in [3.8, 4) is 0 Å². The van der Waals surface area contributed by atoms with Crippen LogP contribution < -0.4 is 0 Å².